The average Bonchev–Trinajstić information content (AvgIpc) is 3.01. The average molecular weight is 363 g/mol. The number of aromatic amines is 1. The van der Waals surface area contributed by atoms with Gasteiger partial charge in [0.15, 0.2) is 5.82 Å². The van der Waals surface area contributed by atoms with Crippen molar-refractivity contribution in [2.45, 2.75) is 6.54 Å². The Labute approximate surface area is 147 Å². The fourth-order valence-corrected chi connectivity index (χ4v) is 4.09. The fraction of sp³-hybridized carbons (Fsp3) is 0.294. The van der Waals surface area contributed by atoms with E-state index in [9.17, 15) is 4.79 Å². The van der Waals surface area contributed by atoms with Crippen LogP contribution in [0.5, 0.6) is 0 Å². The van der Waals surface area contributed by atoms with E-state index in [1.807, 2.05) is 29.6 Å². The number of thiophene rings is 1. The quantitative estimate of drug-likeness (QED) is 0.746. The first kappa shape index (κ1) is 15.8. The Morgan fingerprint density at radius 2 is 2.00 bits per heavy atom. The smallest absolute Gasteiger partial charge is 0.260 e. The monoisotopic (exact) mass is 362 g/mol. The summed E-state index contributed by atoms with van der Waals surface area (Å²) in [6.45, 7) is 4.15. The van der Waals surface area contributed by atoms with Gasteiger partial charge in [0.2, 0.25) is 0 Å². The van der Waals surface area contributed by atoms with E-state index in [1.165, 1.54) is 16.2 Å². The van der Waals surface area contributed by atoms with Gasteiger partial charge in [-0.15, -0.1) is 11.3 Å². The van der Waals surface area contributed by atoms with Crippen molar-refractivity contribution in [3.8, 4) is 11.1 Å². The molecule has 0 atom stereocenters. The highest BCUT2D eigenvalue weighted by Gasteiger charge is 2.18. The molecule has 0 saturated carbocycles. The molecule has 0 aliphatic carbocycles. The number of halogens is 1. The maximum Gasteiger partial charge on any atom is 0.260 e. The molecule has 1 aliphatic rings. The summed E-state index contributed by atoms with van der Waals surface area (Å²) in [6, 6.07) is 7.51. The van der Waals surface area contributed by atoms with Gasteiger partial charge in [-0.3, -0.25) is 4.79 Å². The van der Waals surface area contributed by atoms with Gasteiger partial charge in [0, 0.05) is 16.0 Å². The van der Waals surface area contributed by atoms with Gasteiger partial charge in [0.25, 0.3) is 5.56 Å². The van der Waals surface area contributed by atoms with Crippen LogP contribution in [-0.2, 0) is 11.3 Å². The topological polar surface area (TPSA) is 59.4 Å². The van der Waals surface area contributed by atoms with E-state index in [2.05, 4.69) is 9.97 Å². The Kier molecular flexibility index (Phi) is 4.37. The lowest BCUT2D eigenvalue weighted by Gasteiger charge is -2.23. The minimum atomic E-state index is -0.0751. The maximum absolute atomic E-state index is 12.6. The normalized spacial score (nSPS) is 15.9. The van der Waals surface area contributed by atoms with Crippen LogP contribution in [0.3, 0.4) is 0 Å². The van der Waals surface area contributed by atoms with Gasteiger partial charge in [0.1, 0.15) is 24.5 Å². The minimum absolute atomic E-state index is 0.0751. The Bertz CT molecular complexity index is 914. The molecule has 1 saturated heterocycles. The predicted molar refractivity (Wildman–Crippen MR) is 95.9 cm³/mol. The molecule has 4 rings (SSSR count). The number of rotatable bonds is 3. The van der Waals surface area contributed by atoms with Crippen LogP contribution in [0.15, 0.2) is 34.4 Å². The Balaban J connectivity index is 1.70. The number of hydrogen-bond acceptors (Lipinski definition) is 4. The van der Waals surface area contributed by atoms with Crippen molar-refractivity contribution >= 4 is 33.2 Å². The van der Waals surface area contributed by atoms with E-state index >= 15 is 0 Å². The van der Waals surface area contributed by atoms with Crippen molar-refractivity contribution in [3.05, 3.63) is 50.8 Å². The van der Waals surface area contributed by atoms with E-state index in [4.69, 9.17) is 16.3 Å². The van der Waals surface area contributed by atoms with Crippen molar-refractivity contribution in [2.24, 2.45) is 0 Å². The minimum Gasteiger partial charge on any atom is -0.370 e. The molecule has 3 aromatic rings. The summed E-state index contributed by atoms with van der Waals surface area (Å²) >= 11 is 7.45. The molecular weight excluding hydrogens is 346 g/mol. The zero-order valence-corrected chi connectivity index (χ0v) is 14.5. The fourth-order valence-electron chi connectivity index (χ4n) is 2.99. The van der Waals surface area contributed by atoms with Crippen LogP contribution in [0.25, 0.3) is 21.3 Å². The lowest BCUT2D eigenvalue weighted by Crippen LogP contribution is -3.12. The number of fused-ring (bicyclic) bond motifs is 1. The highest BCUT2D eigenvalue weighted by molar-refractivity contribution is 7.17. The van der Waals surface area contributed by atoms with Crippen molar-refractivity contribution in [2.75, 3.05) is 26.3 Å². The van der Waals surface area contributed by atoms with E-state index in [0.29, 0.717) is 10.4 Å². The molecule has 0 spiro atoms. The molecule has 7 heteroatoms. The molecule has 1 aromatic carbocycles. The molecule has 0 bridgehead atoms. The van der Waals surface area contributed by atoms with E-state index < -0.39 is 0 Å². The molecule has 3 heterocycles. The van der Waals surface area contributed by atoms with Gasteiger partial charge < -0.3 is 14.6 Å². The molecule has 1 fully saturated rings. The molecule has 2 N–H and O–H groups in total. The number of benzene rings is 1. The third kappa shape index (κ3) is 3.10. The maximum atomic E-state index is 12.6. The summed E-state index contributed by atoms with van der Waals surface area (Å²) in [5.41, 5.74) is 1.81. The number of nitrogens with zero attached hydrogens (tertiary/aromatic N) is 1. The Morgan fingerprint density at radius 3 is 2.75 bits per heavy atom. The van der Waals surface area contributed by atoms with E-state index in [0.717, 1.165) is 54.6 Å². The molecule has 0 amide bonds. The molecule has 0 radical (unpaired) electrons. The van der Waals surface area contributed by atoms with Gasteiger partial charge >= 0.3 is 0 Å². The van der Waals surface area contributed by atoms with Gasteiger partial charge in [-0.1, -0.05) is 23.7 Å². The van der Waals surface area contributed by atoms with Crippen LogP contribution >= 0.6 is 22.9 Å². The standard InChI is InChI=1S/C17H16ClN3O2S/c18-12-3-1-11(2-4-12)13-10-24-17-15(13)16(22)19-14(20-17)9-21-5-7-23-8-6-21/h1-4,10H,5-9H2,(H,19,20,22)/p+1. The number of ether oxygens (including phenoxy) is 1. The van der Waals surface area contributed by atoms with Crippen LogP contribution in [0, 0.1) is 0 Å². The largest absolute Gasteiger partial charge is 0.370 e. The molecular formula is C17H17ClN3O2S+. The van der Waals surface area contributed by atoms with Crippen LogP contribution < -0.4 is 10.5 Å². The Morgan fingerprint density at radius 1 is 1.25 bits per heavy atom. The van der Waals surface area contributed by atoms with Gasteiger partial charge in [-0.25, -0.2) is 4.98 Å². The molecule has 5 nitrogen and oxygen atoms in total. The molecule has 0 unspecified atom stereocenters. The van der Waals surface area contributed by atoms with Crippen LogP contribution in [0.4, 0.5) is 0 Å². The van der Waals surface area contributed by atoms with Gasteiger partial charge in [-0.05, 0) is 17.7 Å². The highest BCUT2D eigenvalue weighted by Crippen LogP contribution is 2.31. The molecule has 2 aromatic heterocycles. The van der Waals surface area contributed by atoms with Crippen molar-refractivity contribution in [3.63, 3.8) is 0 Å². The third-order valence-corrected chi connectivity index (χ3v) is 5.39. The summed E-state index contributed by atoms with van der Waals surface area (Å²) < 4.78 is 5.37. The number of aromatic nitrogens is 2. The highest BCUT2D eigenvalue weighted by atomic mass is 35.5. The van der Waals surface area contributed by atoms with E-state index in [-0.39, 0.29) is 5.56 Å². The van der Waals surface area contributed by atoms with Crippen molar-refractivity contribution in [1.82, 2.24) is 9.97 Å². The number of quaternary nitrogens is 1. The van der Waals surface area contributed by atoms with Gasteiger partial charge in [0.05, 0.1) is 18.6 Å². The van der Waals surface area contributed by atoms with Gasteiger partial charge in [-0.2, -0.15) is 0 Å². The van der Waals surface area contributed by atoms with Crippen molar-refractivity contribution in [1.29, 1.82) is 0 Å². The summed E-state index contributed by atoms with van der Waals surface area (Å²) in [5, 5.41) is 3.32. The second kappa shape index (κ2) is 6.64. The zero-order chi connectivity index (χ0) is 16.5. The van der Waals surface area contributed by atoms with Crippen LogP contribution in [-0.4, -0.2) is 36.3 Å². The first-order valence-electron chi connectivity index (χ1n) is 7.88. The molecule has 1 aliphatic heterocycles. The Hall–Kier alpha value is -1.73. The SMILES string of the molecule is O=c1[nH]c(C[NH+]2CCOCC2)nc2scc(-c3ccc(Cl)cc3)c12. The first-order valence-corrected chi connectivity index (χ1v) is 9.14. The zero-order valence-electron chi connectivity index (χ0n) is 13.0. The van der Waals surface area contributed by atoms with Crippen LogP contribution in [0.2, 0.25) is 5.02 Å². The molecule has 124 valence electrons. The van der Waals surface area contributed by atoms with Crippen LogP contribution in [0.1, 0.15) is 5.82 Å². The van der Waals surface area contributed by atoms with Crippen molar-refractivity contribution < 1.29 is 9.64 Å². The number of H-pyrrole nitrogens is 1. The number of nitrogens with one attached hydrogen (secondary N) is 2. The lowest BCUT2D eigenvalue weighted by atomic mass is 10.1. The predicted octanol–water partition coefficient (Wildman–Crippen LogP) is 1.72. The summed E-state index contributed by atoms with van der Waals surface area (Å²) in [4.78, 5) is 22.4. The van der Waals surface area contributed by atoms with E-state index in [1.54, 1.807) is 0 Å². The third-order valence-electron chi connectivity index (χ3n) is 4.27. The number of hydrogen-bond donors (Lipinski definition) is 2. The summed E-state index contributed by atoms with van der Waals surface area (Å²) in [7, 11) is 0. The lowest BCUT2D eigenvalue weighted by molar-refractivity contribution is -0.922. The summed E-state index contributed by atoms with van der Waals surface area (Å²) in [6.07, 6.45) is 0. The summed E-state index contributed by atoms with van der Waals surface area (Å²) in [5.74, 6) is 0.744. The number of morpholine rings is 1. The second-order valence-electron chi connectivity index (χ2n) is 5.89. The molecule has 24 heavy (non-hydrogen) atoms. The first-order chi connectivity index (χ1) is 11.7. The second-order valence-corrected chi connectivity index (χ2v) is 7.18.